The molecule has 9 nitrogen and oxygen atoms in total. The monoisotopic (exact) mass is 379 g/mol. The Hall–Kier alpha value is -2.90. The van der Waals surface area contributed by atoms with Crippen LogP contribution in [0.2, 0.25) is 0 Å². The first-order valence-electron chi connectivity index (χ1n) is 7.69. The summed E-state index contributed by atoms with van der Waals surface area (Å²) < 4.78 is 31.3. The number of nitrogens with zero attached hydrogens (tertiary/aromatic N) is 2. The van der Waals surface area contributed by atoms with E-state index in [0.29, 0.717) is 12.8 Å². The number of piperidine rings is 1. The Balaban J connectivity index is 2.08. The van der Waals surface area contributed by atoms with E-state index in [-0.39, 0.29) is 29.2 Å². The summed E-state index contributed by atoms with van der Waals surface area (Å²) in [6.07, 6.45) is 1.79. The zero-order valence-electron chi connectivity index (χ0n) is 13.6. The van der Waals surface area contributed by atoms with Crippen LogP contribution >= 0.6 is 0 Å². The number of carbonyl (C=O) groups excluding carboxylic acids is 1. The minimum Gasteiger partial charge on any atom is -0.481 e. The number of rotatable bonds is 5. The number of anilines is 1. The van der Waals surface area contributed by atoms with Crippen molar-refractivity contribution in [2.75, 3.05) is 18.4 Å². The fraction of sp³-hybridized carbons (Fsp3) is 0.312. The molecule has 10 heteroatoms. The zero-order chi connectivity index (χ0) is 19.3. The van der Waals surface area contributed by atoms with Crippen molar-refractivity contribution in [1.82, 2.24) is 4.90 Å². The highest BCUT2D eigenvalue weighted by Crippen LogP contribution is 2.19. The van der Waals surface area contributed by atoms with Crippen LogP contribution in [-0.2, 0) is 19.7 Å². The molecule has 1 saturated heterocycles. The molecule has 1 aromatic rings. The van der Waals surface area contributed by atoms with Crippen molar-refractivity contribution >= 4 is 27.7 Å². The first-order chi connectivity index (χ1) is 12.2. The molecule has 0 saturated carbocycles. The van der Waals surface area contributed by atoms with Crippen LogP contribution in [0.3, 0.4) is 0 Å². The molecule has 3 N–H and O–H groups in total. The van der Waals surface area contributed by atoms with Crippen LogP contribution in [-0.4, -0.2) is 47.9 Å². The van der Waals surface area contributed by atoms with E-state index in [1.807, 2.05) is 0 Å². The van der Waals surface area contributed by atoms with E-state index < -0.39 is 27.9 Å². The lowest BCUT2D eigenvalue weighted by molar-refractivity contribution is -0.145. The quantitative estimate of drug-likeness (QED) is 0.391. The molecule has 1 fully saturated rings. The van der Waals surface area contributed by atoms with Gasteiger partial charge in [0, 0.05) is 25.0 Å². The first-order valence-corrected chi connectivity index (χ1v) is 9.13. The van der Waals surface area contributed by atoms with Gasteiger partial charge in [0.05, 0.1) is 10.8 Å². The van der Waals surface area contributed by atoms with E-state index in [1.54, 1.807) is 6.07 Å². The molecule has 0 atom stereocenters. The maximum Gasteiger partial charge on any atom is 0.306 e. The van der Waals surface area contributed by atoms with Gasteiger partial charge in [0.1, 0.15) is 11.6 Å². The topological polar surface area (TPSA) is 148 Å². The van der Waals surface area contributed by atoms with Gasteiger partial charge < -0.3 is 15.3 Å². The summed E-state index contributed by atoms with van der Waals surface area (Å²) in [4.78, 5) is 24.4. The molecule has 0 aromatic heterocycles. The third-order valence-electron chi connectivity index (χ3n) is 4.00. The Bertz CT molecular complexity index is 879. The van der Waals surface area contributed by atoms with Gasteiger partial charge in [-0.2, -0.15) is 13.7 Å². The molecule has 0 unspecified atom stereocenters. The van der Waals surface area contributed by atoms with Gasteiger partial charge in [-0.05, 0) is 31.0 Å². The number of hydrogen-bond donors (Lipinski definition) is 3. The highest BCUT2D eigenvalue weighted by molar-refractivity contribution is 7.85. The summed E-state index contributed by atoms with van der Waals surface area (Å²) in [6, 6.07) is 7.03. The van der Waals surface area contributed by atoms with Gasteiger partial charge in [0.2, 0.25) is 0 Å². The van der Waals surface area contributed by atoms with Gasteiger partial charge >= 0.3 is 5.97 Å². The Morgan fingerprint density at radius 3 is 2.50 bits per heavy atom. The van der Waals surface area contributed by atoms with Crippen LogP contribution in [0.5, 0.6) is 0 Å². The maximum atomic E-state index is 12.4. The fourth-order valence-corrected chi connectivity index (χ4v) is 3.07. The molecule has 26 heavy (non-hydrogen) atoms. The number of aliphatic carboxylic acids is 1. The summed E-state index contributed by atoms with van der Waals surface area (Å²) in [7, 11) is -4.36. The number of amides is 1. The SMILES string of the molecule is N#C/C(=C/Nc1cccc(S(=O)(=O)O)c1)C(=O)N1CCC(C(=O)O)CC1. The minimum absolute atomic E-state index is 0.198. The second-order valence-electron chi connectivity index (χ2n) is 5.72. The van der Waals surface area contributed by atoms with Crippen molar-refractivity contribution in [2.24, 2.45) is 5.92 Å². The Morgan fingerprint density at radius 1 is 1.31 bits per heavy atom. The van der Waals surface area contributed by atoms with Crippen molar-refractivity contribution in [1.29, 1.82) is 5.26 Å². The number of benzene rings is 1. The third kappa shape index (κ3) is 4.81. The van der Waals surface area contributed by atoms with Crippen LogP contribution in [0, 0.1) is 17.2 Å². The van der Waals surface area contributed by atoms with E-state index in [4.69, 9.17) is 9.66 Å². The molecule has 138 valence electrons. The van der Waals surface area contributed by atoms with Crippen LogP contribution in [0.25, 0.3) is 0 Å². The molecular weight excluding hydrogens is 362 g/mol. The molecule has 1 heterocycles. The highest BCUT2D eigenvalue weighted by Gasteiger charge is 2.28. The smallest absolute Gasteiger partial charge is 0.306 e. The average molecular weight is 379 g/mol. The summed E-state index contributed by atoms with van der Waals surface area (Å²) >= 11 is 0. The van der Waals surface area contributed by atoms with Gasteiger partial charge in [-0.15, -0.1) is 0 Å². The molecule has 0 spiro atoms. The van der Waals surface area contributed by atoms with E-state index in [2.05, 4.69) is 5.32 Å². The third-order valence-corrected chi connectivity index (χ3v) is 4.85. The first kappa shape index (κ1) is 19.4. The lowest BCUT2D eigenvalue weighted by atomic mass is 9.97. The van der Waals surface area contributed by atoms with E-state index >= 15 is 0 Å². The van der Waals surface area contributed by atoms with Crippen LogP contribution in [0.15, 0.2) is 40.9 Å². The van der Waals surface area contributed by atoms with Crippen LogP contribution in [0.1, 0.15) is 12.8 Å². The van der Waals surface area contributed by atoms with E-state index in [0.717, 1.165) is 12.3 Å². The summed E-state index contributed by atoms with van der Waals surface area (Å²) in [5, 5.41) is 20.8. The number of carboxylic acid groups (broad SMARTS) is 1. The molecule has 1 aliphatic rings. The van der Waals surface area contributed by atoms with E-state index in [9.17, 15) is 23.3 Å². The zero-order valence-corrected chi connectivity index (χ0v) is 14.4. The van der Waals surface area contributed by atoms with Gasteiger partial charge in [0.15, 0.2) is 0 Å². The van der Waals surface area contributed by atoms with Crippen LogP contribution in [0.4, 0.5) is 5.69 Å². The van der Waals surface area contributed by atoms with Gasteiger partial charge in [-0.3, -0.25) is 14.1 Å². The average Bonchev–Trinajstić information content (AvgIpc) is 2.61. The van der Waals surface area contributed by atoms with Crippen LogP contribution < -0.4 is 5.32 Å². The number of likely N-dealkylation sites (tertiary alicyclic amines) is 1. The molecular formula is C16H17N3O6S. The predicted octanol–water partition coefficient (Wildman–Crippen LogP) is 1.08. The number of nitrogens with one attached hydrogen (secondary N) is 1. The van der Waals surface area contributed by atoms with E-state index in [1.165, 1.54) is 23.1 Å². The standard InChI is InChI=1S/C16H17N3O6S/c17-9-12(15(20)19-6-4-11(5-7-19)16(21)22)10-18-13-2-1-3-14(8-13)26(23,24)25/h1-3,8,10-11,18H,4-7H2,(H,21,22)(H,23,24,25)/b12-10-. The number of nitriles is 1. The second kappa shape index (κ2) is 7.99. The van der Waals surface area contributed by atoms with Crippen molar-refractivity contribution in [3.05, 3.63) is 36.0 Å². The Morgan fingerprint density at radius 2 is 1.96 bits per heavy atom. The largest absolute Gasteiger partial charge is 0.481 e. The maximum absolute atomic E-state index is 12.4. The molecule has 1 amide bonds. The summed E-state index contributed by atoms with van der Waals surface area (Å²) in [5.41, 5.74) is 0.0706. The molecule has 0 bridgehead atoms. The molecule has 2 rings (SSSR count). The summed E-state index contributed by atoms with van der Waals surface area (Å²) in [5.74, 6) is -1.92. The fourth-order valence-electron chi connectivity index (χ4n) is 2.54. The second-order valence-corrected chi connectivity index (χ2v) is 7.14. The Labute approximate surface area is 150 Å². The number of carboxylic acids is 1. The number of carbonyl (C=O) groups is 2. The van der Waals surface area contributed by atoms with Gasteiger partial charge in [-0.25, -0.2) is 0 Å². The van der Waals surface area contributed by atoms with Crippen molar-refractivity contribution in [3.8, 4) is 6.07 Å². The molecule has 0 aliphatic carbocycles. The van der Waals surface area contributed by atoms with Crippen molar-refractivity contribution < 1.29 is 27.7 Å². The lowest BCUT2D eigenvalue weighted by Gasteiger charge is -2.29. The summed E-state index contributed by atoms with van der Waals surface area (Å²) in [6.45, 7) is 0.486. The van der Waals surface area contributed by atoms with Crippen molar-refractivity contribution in [3.63, 3.8) is 0 Å². The lowest BCUT2D eigenvalue weighted by Crippen LogP contribution is -2.40. The molecule has 1 aromatic carbocycles. The number of hydrogen-bond acceptors (Lipinski definition) is 6. The van der Waals surface area contributed by atoms with Gasteiger partial charge in [-0.1, -0.05) is 6.07 Å². The molecule has 1 aliphatic heterocycles. The van der Waals surface area contributed by atoms with Crippen molar-refractivity contribution in [2.45, 2.75) is 17.7 Å². The Kier molecular flexibility index (Phi) is 5.97. The predicted molar refractivity (Wildman–Crippen MR) is 90.5 cm³/mol. The normalized spacial score (nSPS) is 16.0. The highest BCUT2D eigenvalue weighted by atomic mass is 32.2. The van der Waals surface area contributed by atoms with Gasteiger partial charge in [0.25, 0.3) is 16.0 Å². The molecule has 0 radical (unpaired) electrons. The minimum atomic E-state index is -4.36.